The second-order valence-corrected chi connectivity index (χ2v) is 8.40. The number of fused-ring (bicyclic) bond motifs is 1. The van der Waals surface area contributed by atoms with Gasteiger partial charge in [0.05, 0.1) is 12.6 Å². The first-order valence-corrected chi connectivity index (χ1v) is 9.81. The van der Waals surface area contributed by atoms with E-state index < -0.39 is 0 Å². The van der Waals surface area contributed by atoms with Crippen molar-refractivity contribution in [2.75, 3.05) is 13.7 Å². The molecule has 2 aromatic carbocycles. The zero-order chi connectivity index (χ0) is 20.6. The lowest BCUT2D eigenvalue weighted by Gasteiger charge is -2.36. The summed E-state index contributed by atoms with van der Waals surface area (Å²) in [6.07, 6.45) is 0.846. The third-order valence-corrected chi connectivity index (χ3v) is 5.38. The van der Waals surface area contributed by atoms with Gasteiger partial charge in [-0.05, 0) is 66.9 Å². The third-order valence-electron chi connectivity index (χ3n) is 5.38. The van der Waals surface area contributed by atoms with Crippen molar-refractivity contribution < 1.29 is 9.13 Å². The minimum Gasteiger partial charge on any atom is -0.496 e. The molecule has 0 spiro atoms. The van der Waals surface area contributed by atoms with E-state index >= 15 is 0 Å². The summed E-state index contributed by atoms with van der Waals surface area (Å²) < 4.78 is 21.4. The molecule has 152 valence electrons. The standard InChI is InChI=1S/C22H26FN5O/c1-22(2,3)28-21(24-25-26-28)20(18-7-5-6-8-19(18)29-4)27-12-11-15-9-10-17(23)13-16(15)14-27/h5-10,13,20H,11-12,14H2,1-4H3. The predicted octanol–water partition coefficient (Wildman–Crippen LogP) is 3.72. The van der Waals surface area contributed by atoms with E-state index in [1.807, 2.05) is 35.0 Å². The molecule has 3 aromatic rings. The number of rotatable bonds is 4. The summed E-state index contributed by atoms with van der Waals surface area (Å²) >= 11 is 0. The second kappa shape index (κ2) is 7.55. The van der Waals surface area contributed by atoms with Crippen molar-refractivity contribution in [1.29, 1.82) is 0 Å². The molecule has 1 aliphatic rings. The van der Waals surface area contributed by atoms with Crippen LogP contribution in [0.3, 0.4) is 0 Å². The van der Waals surface area contributed by atoms with Crippen LogP contribution in [-0.4, -0.2) is 38.8 Å². The molecule has 2 heterocycles. The Hall–Kier alpha value is -2.80. The second-order valence-electron chi connectivity index (χ2n) is 8.40. The molecule has 7 heteroatoms. The van der Waals surface area contributed by atoms with Gasteiger partial charge in [-0.2, -0.15) is 0 Å². The fraction of sp³-hybridized carbons (Fsp3) is 0.409. The number of hydrogen-bond acceptors (Lipinski definition) is 5. The molecule has 1 aromatic heterocycles. The normalized spacial score (nSPS) is 15.8. The molecule has 0 fully saturated rings. The average molecular weight is 395 g/mol. The molecule has 6 nitrogen and oxygen atoms in total. The lowest BCUT2D eigenvalue weighted by atomic mass is 9.95. The highest BCUT2D eigenvalue weighted by Crippen LogP contribution is 2.37. The molecular weight excluding hydrogens is 369 g/mol. The van der Waals surface area contributed by atoms with Crippen molar-refractivity contribution >= 4 is 0 Å². The van der Waals surface area contributed by atoms with E-state index in [-0.39, 0.29) is 17.4 Å². The Morgan fingerprint density at radius 1 is 1.10 bits per heavy atom. The maximum Gasteiger partial charge on any atom is 0.173 e. The molecule has 4 rings (SSSR count). The largest absolute Gasteiger partial charge is 0.496 e. The van der Waals surface area contributed by atoms with Gasteiger partial charge in [0.2, 0.25) is 0 Å². The van der Waals surface area contributed by atoms with Gasteiger partial charge in [-0.15, -0.1) is 5.10 Å². The average Bonchev–Trinajstić information content (AvgIpc) is 3.18. The predicted molar refractivity (Wildman–Crippen MR) is 108 cm³/mol. The first-order chi connectivity index (χ1) is 13.9. The van der Waals surface area contributed by atoms with E-state index in [1.165, 1.54) is 11.6 Å². The SMILES string of the molecule is COc1ccccc1C(c1nnnn1C(C)(C)C)N1CCc2ccc(F)cc2C1. The van der Waals surface area contributed by atoms with Crippen molar-refractivity contribution in [3.63, 3.8) is 0 Å². The van der Waals surface area contributed by atoms with Crippen LogP contribution in [0, 0.1) is 5.82 Å². The van der Waals surface area contributed by atoms with Crippen LogP contribution in [0.5, 0.6) is 5.75 Å². The van der Waals surface area contributed by atoms with Gasteiger partial charge in [-0.25, -0.2) is 9.07 Å². The van der Waals surface area contributed by atoms with Crippen molar-refractivity contribution in [3.8, 4) is 5.75 Å². The van der Waals surface area contributed by atoms with E-state index in [4.69, 9.17) is 4.74 Å². The highest BCUT2D eigenvalue weighted by Gasteiger charge is 2.34. The maximum atomic E-state index is 13.9. The molecule has 0 N–H and O–H groups in total. The summed E-state index contributed by atoms with van der Waals surface area (Å²) in [6.45, 7) is 7.66. The molecule has 0 saturated heterocycles. The molecular formula is C22H26FN5O. The number of methoxy groups -OCH3 is 1. The van der Waals surface area contributed by atoms with E-state index in [1.54, 1.807) is 13.2 Å². The monoisotopic (exact) mass is 395 g/mol. The van der Waals surface area contributed by atoms with Crippen molar-refractivity contribution in [3.05, 3.63) is 70.8 Å². The Kier molecular flexibility index (Phi) is 5.08. The van der Waals surface area contributed by atoms with Crippen molar-refractivity contribution in [1.82, 2.24) is 25.1 Å². The number of nitrogens with zero attached hydrogens (tertiary/aromatic N) is 5. The Balaban J connectivity index is 1.83. The fourth-order valence-corrected chi connectivity index (χ4v) is 4.00. The molecule has 0 radical (unpaired) electrons. The van der Waals surface area contributed by atoms with Crippen LogP contribution in [0.1, 0.15) is 49.3 Å². The number of halogens is 1. The van der Waals surface area contributed by atoms with Crippen LogP contribution in [-0.2, 0) is 18.5 Å². The Morgan fingerprint density at radius 2 is 1.90 bits per heavy atom. The lowest BCUT2D eigenvalue weighted by Crippen LogP contribution is -2.38. The molecule has 1 aliphatic heterocycles. The number of ether oxygens (including phenoxy) is 1. The summed E-state index contributed by atoms with van der Waals surface area (Å²) in [7, 11) is 1.67. The number of aromatic nitrogens is 4. The van der Waals surface area contributed by atoms with Gasteiger partial charge in [0.1, 0.15) is 17.6 Å². The highest BCUT2D eigenvalue weighted by atomic mass is 19.1. The summed E-state index contributed by atoms with van der Waals surface area (Å²) in [5.41, 5.74) is 2.91. The molecule has 1 unspecified atom stereocenters. The topological polar surface area (TPSA) is 56.1 Å². The fourth-order valence-electron chi connectivity index (χ4n) is 4.00. The molecule has 29 heavy (non-hydrogen) atoms. The maximum absolute atomic E-state index is 13.9. The van der Waals surface area contributed by atoms with Crippen LogP contribution in [0.15, 0.2) is 42.5 Å². The molecule has 1 atom stereocenters. The summed E-state index contributed by atoms with van der Waals surface area (Å²) in [4.78, 5) is 2.30. The Bertz CT molecular complexity index is 1010. The van der Waals surface area contributed by atoms with Gasteiger partial charge < -0.3 is 4.74 Å². The molecule has 0 aliphatic carbocycles. The van der Waals surface area contributed by atoms with Gasteiger partial charge in [0.15, 0.2) is 5.82 Å². The smallest absolute Gasteiger partial charge is 0.173 e. The summed E-state index contributed by atoms with van der Waals surface area (Å²) in [5, 5.41) is 12.7. The van der Waals surface area contributed by atoms with Crippen LogP contribution in [0.4, 0.5) is 4.39 Å². The summed E-state index contributed by atoms with van der Waals surface area (Å²) in [6, 6.07) is 12.8. The van der Waals surface area contributed by atoms with Crippen LogP contribution >= 0.6 is 0 Å². The van der Waals surface area contributed by atoms with E-state index in [0.717, 1.165) is 35.7 Å². The highest BCUT2D eigenvalue weighted by molar-refractivity contribution is 5.40. The Morgan fingerprint density at radius 3 is 2.66 bits per heavy atom. The van der Waals surface area contributed by atoms with Crippen molar-refractivity contribution in [2.45, 2.75) is 45.3 Å². The summed E-state index contributed by atoms with van der Waals surface area (Å²) in [5.74, 6) is 1.33. The van der Waals surface area contributed by atoms with E-state index in [9.17, 15) is 4.39 Å². The van der Waals surface area contributed by atoms with Gasteiger partial charge >= 0.3 is 0 Å². The van der Waals surface area contributed by atoms with E-state index in [0.29, 0.717) is 6.54 Å². The number of hydrogen-bond donors (Lipinski definition) is 0. The van der Waals surface area contributed by atoms with Gasteiger partial charge in [-0.1, -0.05) is 24.3 Å². The minimum atomic E-state index is -0.279. The molecule has 0 saturated carbocycles. The van der Waals surface area contributed by atoms with Crippen LogP contribution < -0.4 is 4.74 Å². The molecule has 0 bridgehead atoms. The quantitative estimate of drug-likeness (QED) is 0.674. The van der Waals surface area contributed by atoms with Gasteiger partial charge in [0.25, 0.3) is 0 Å². The zero-order valence-corrected chi connectivity index (χ0v) is 17.3. The van der Waals surface area contributed by atoms with Crippen LogP contribution in [0.2, 0.25) is 0 Å². The zero-order valence-electron chi connectivity index (χ0n) is 17.3. The lowest BCUT2D eigenvalue weighted by molar-refractivity contribution is 0.182. The van der Waals surface area contributed by atoms with Crippen LogP contribution in [0.25, 0.3) is 0 Å². The number of tetrazole rings is 1. The first kappa shape index (κ1) is 19.5. The number of para-hydroxylation sites is 1. The molecule has 0 amide bonds. The third kappa shape index (κ3) is 3.74. The first-order valence-electron chi connectivity index (χ1n) is 9.81. The van der Waals surface area contributed by atoms with Gasteiger partial charge in [-0.3, -0.25) is 4.90 Å². The minimum absolute atomic E-state index is 0.209. The van der Waals surface area contributed by atoms with Gasteiger partial charge in [0, 0.05) is 18.7 Å². The van der Waals surface area contributed by atoms with E-state index in [2.05, 4.69) is 41.2 Å². The van der Waals surface area contributed by atoms with Crippen molar-refractivity contribution in [2.24, 2.45) is 0 Å². The number of benzene rings is 2. The Labute approximate surface area is 170 Å².